The van der Waals surface area contributed by atoms with E-state index in [4.69, 9.17) is 24.9 Å². The minimum absolute atomic E-state index is 0.359. The third kappa shape index (κ3) is 3.14. The van der Waals surface area contributed by atoms with Crippen LogP contribution in [0.15, 0.2) is 0 Å². The molecule has 0 spiro atoms. The Balaban J connectivity index is 2.74. The van der Waals surface area contributed by atoms with Crippen molar-refractivity contribution in [3.8, 4) is 0 Å². The lowest BCUT2D eigenvalue weighted by molar-refractivity contribution is -0.125. The van der Waals surface area contributed by atoms with Crippen LogP contribution in [0.3, 0.4) is 0 Å². The highest BCUT2D eigenvalue weighted by atomic mass is 35.5. The molecule has 0 aromatic rings. The number of carbonyl (C=O) groups excluding carboxylic acids is 2. The third-order valence-corrected chi connectivity index (χ3v) is 6.68. The molecular weight excluding hydrogens is 304 g/mol. The van der Waals surface area contributed by atoms with Gasteiger partial charge in [0.2, 0.25) is 0 Å². The van der Waals surface area contributed by atoms with E-state index < -0.39 is 25.9 Å². The SMILES string of the molecule is CO[Si](CCC(Cl)N1C(=O)NC(=O)C1(C)C)(OC)OC. The Bertz CT molecular complexity index is 381. The number of hydrogen-bond donors (Lipinski definition) is 1. The number of alkyl halides is 1. The Morgan fingerprint density at radius 1 is 1.25 bits per heavy atom. The van der Waals surface area contributed by atoms with Crippen molar-refractivity contribution in [3.05, 3.63) is 0 Å². The van der Waals surface area contributed by atoms with Gasteiger partial charge in [-0.1, -0.05) is 11.6 Å². The molecule has 1 N–H and O–H groups in total. The topological polar surface area (TPSA) is 77.1 Å². The van der Waals surface area contributed by atoms with Crippen LogP contribution in [0, 0.1) is 0 Å². The van der Waals surface area contributed by atoms with Crippen LogP contribution in [0.1, 0.15) is 20.3 Å². The van der Waals surface area contributed by atoms with Crippen LogP contribution in [-0.2, 0) is 18.1 Å². The number of halogens is 1. The first-order chi connectivity index (χ1) is 9.24. The average Bonchev–Trinajstić information content (AvgIpc) is 2.60. The molecule has 3 amide bonds. The molecule has 1 fully saturated rings. The summed E-state index contributed by atoms with van der Waals surface area (Å²) in [5.41, 5.74) is -1.62. The van der Waals surface area contributed by atoms with Crippen LogP contribution in [0.2, 0.25) is 6.04 Å². The quantitative estimate of drug-likeness (QED) is 0.329. The molecule has 1 aliphatic rings. The fraction of sp³-hybridized carbons (Fsp3) is 0.818. The second-order valence-electron chi connectivity index (χ2n) is 4.96. The monoisotopic (exact) mass is 324 g/mol. The second kappa shape index (κ2) is 6.40. The summed E-state index contributed by atoms with van der Waals surface area (Å²) < 4.78 is 15.9. The number of imide groups is 1. The first kappa shape index (κ1) is 17.4. The highest BCUT2D eigenvalue weighted by Gasteiger charge is 2.49. The zero-order valence-electron chi connectivity index (χ0n) is 12.4. The molecule has 1 saturated heterocycles. The smallest absolute Gasteiger partial charge is 0.377 e. The van der Waals surface area contributed by atoms with Crippen LogP contribution >= 0.6 is 11.6 Å². The lowest BCUT2D eigenvalue weighted by Gasteiger charge is -2.33. The molecule has 0 aliphatic carbocycles. The van der Waals surface area contributed by atoms with Gasteiger partial charge in [-0.2, -0.15) is 0 Å². The molecule has 9 heteroatoms. The number of urea groups is 1. The highest BCUT2D eigenvalue weighted by Crippen LogP contribution is 2.29. The van der Waals surface area contributed by atoms with Crippen molar-refractivity contribution in [3.63, 3.8) is 0 Å². The summed E-state index contributed by atoms with van der Waals surface area (Å²) >= 11 is 6.28. The summed E-state index contributed by atoms with van der Waals surface area (Å²) in [6.45, 7) is 3.30. The summed E-state index contributed by atoms with van der Waals surface area (Å²) in [5, 5.41) is 2.26. The zero-order chi connectivity index (χ0) is 15.6. The molecule has 1 unspecified atom stereocenters. The maximum Gasteiger partial charge on any atom is 0.500 e. The van der Waals surface area contributed by atoms with E-state index in [1.807, 2.05) is 0 Å². The Labute approximate surface area is 124 Å². The standard InChI is InChI=1S/C11H21ClN2O5Si/c1-11(2)9(15)13-10(16)14(11)8(12)6-7-20(17-3,18-4)19-5/h8H,6-7H2,1-5H3,(H,13,15,16). The van der Waals surface area contributed by atoms with Crippen molar-refractivity contribution in [2.24, 2.45) is 0 Å². The van der Waals surface area contributed by atoms with E-state index in [1.165, 1.54) is 26.2 Å². The predicted molar refractivity (Wildman–Crippen MR) is 75.3 cm³/mol. The molecule has 20 heavy (non-hydrogen) atoms. The Hall–Kier alpha value is -0.673. The van der Waals surface area contributed by atoms with E-state index in [0.29, 0.717) is 12.5 Å². The molecule has 1 rings (SSSR count). The average molecular weight is 325 g/mol. The van der Waals surface area contributed by atoms with E-state index in [9.17, 15) is 9.59 Å². The zero-order valence-corrected chi connectivity index (χ0v) is 14.1. The van der Waals surface area contributed by atoms with Crippen molar-refractivity contribution in [1.82, 2.24) is 10.2 Å². The highest BCUT2D eigenvalue weighted by molar-refractivity contribution is 6.60. The van der Waals surface area contributed by atoms with Gasteiger partial charge in [0.15, 0.2) is 0 Å². The molecule has 1 atom stereocenters. The molecule has 0 saturated carbocycles. The van der Waals surface area contributed by atoms with Gasteiger partial charge in [0.05, 0.1) is 0 Å². The van der Waals surface area contributed by atoms with Gasteiger partial charge in [0.25, 0.3) is 5.91 Å². The minimum Gasteiger partial charge on any atom is -0.377 e. The van der Waals surface area contributed by atoms with Crippen LogP contribution in [0.25, 0.3) is 0 Å². The van der Waals surface area contributed by atoms with Gasteiger partial charge in [0.1, 0.15) is 11.0 Å². The van der Waals surface area contributed by atoms with Crippen molar-refractivity contribution in [2.75, 3.05) is 21.3 Å². The third-order valence-electron chi connectivity index (χ3n) is 3.50. The largest absolute Gasteiger partial charge is 0.500 e. The number of hydrogen-bond acceptors (Lipinski definition) is 5. The number of amides is 3. The molecule has 0 bridgehead atoms. The van der Waals surface area contributed by atoms with E-state index in [0.717, 1.165) is 0 Å². The lowest BCUT2D eigenvalue weighted by atomic mass is 10.0. The van der Waals surface area contributed by atoms with Crippen LogP contribution in [0.4, 0.5) is 4.79 Å². The number of nitrogens with zero attached hydrogens (tertiary/aromatic N) is 1. The second-order valence-corrected chi connectivity index (χ2v) is 8.55. The first-order valence-corrected chi connectivity index (χ1v) is 8.55. The molecule has 1 heterocycles. The molecule has 7 nitrogen and oxygen atoms in total. The van der Waals surface area contributed by atoms with Crippen LogP contribution in [0.5, 0.6) is 0 Å². The first-order valence-electron chi connectivity index (χ1n) is 6.18. The number of nitrogens with one attached hydrogen (secondary N) is 1. The molecule has 1 aliphatic heterocycles. The summed E-state index contributed by atoms with van der Waals surface area (Å²) in [6, 6.07) is -0.0434. The van der Waals surface area contributed by atoms with Gasteiger partial charge < -0.3 is 13.3 Å². The fourth-order valence-corrected chi connectivity index (χ4v) is 4.50. The lowest BCUT2D eigenvalue weighted by Crippen LogP contribution is -2.49. The van der Waals surface area contributed by atoms with Gasteiger partial charge >= 0.3 is 14.8 Å². The summed E-state index contributed by atoms with van der Waals surface area (Å²) in [4.78, 5) is 24.8. The Morgan fingerprint density at radius 3 is 2.10 bits per heavy atom. The summed E-state index contributed by atoms with van der Waals surface area (Å²) in [6.07, 6.45) is 0.396. The molecule has 0 aromatic heterocycles. The summed E-state index contributed by atoms with van der Waals surface area (Å²) in [7, 11) is 1.79. The van der Waals surface area contributed by atoms with Gasteiger partial charge in [-0.05, 0) is 20.3 Å². The van der Waals surface area contributed by atoms with E-state index in [1.54, 1.807) is 13.8 Å². The number of carbonyl (C=O) groups is 2. The molecule has 0 aromatic carbocycles. The molecule has 116 valence electrons. The van der Waals surface area contributed by atoms with E-state index in [2.05, 4.69) is 5.32 Å². The van der Waals surface area contributed by atoms with Crippen molar-refractivity contribution in [2.45, 2.75) is 37.4 Å². The maximum atomic E-state index is 11.8. The minimum atomic E-state index is -2.74. The molecular formula is C11H21ClN2O5Si. The van der Waals surface area contributed by atoms with Crippen molar-refractivity contribution < 1.29 is 22.9 Å². The molecule has 0 radical (unpaired) electrons. The normalized spacial score (nSPS) is 20.2. The van der Waals surface area contributed by atoms with Crippen LogP contribution in [-0.4, -0.2) is 58.0 Å². The van der Waals surface area contributed by atoms with E-state index in [-0.39, 0.29) is 5.91 Å². The van der Waals surface area contributed by atoms with Gasteiger partial charge in [-0.25, -0.2) is 4.79 Å². The predicted octanol–water partition coefficient (Wildman–Crippen LogP) is 1.15. The number of rotatable bonds is 7. The van der Waals surface area contributed by atoms with Gasteiger partial charge in [0, 0.05) is 27.4 Å². The van der Waals surface area contributed by atoms with Crippen molar-refractivity contribution >= 4 is 32.3 Å². The van der Waals surface area contributed by atoms with Gasteiger partial charge in [-0.15, -0.1) is 0 Å². The van der Waals surface area contributed by atoms with Gasteiger partial charge in [-0.3, -0.25) is 15.0 Å². The summed E-state index contributed by atoms with van der Waals surface area (Å²) in [5.74, 6) is -0.359. The van der Waals surface area contributed by atoms with E-state index >= 15 is 0 Å². The maximum absolute atomic E-state index is 11.8. The Kier molecular flexibility index (Phi) is 5.56. The van der Waals surface area contributed by atoms with Crippen LogP contribution < -0.4 is 5.32 Å². The fourth-order valence-electron chi connectivity index (χ4n) is 2.13. The Morgan fingerprint density at radius 2 is 1.75 bits per heavy atom. The van der Waals surface area contributed by atoms with Crippen molar-refractivity contribution in [1.29, 1.82) is 0 Å².